The molecule has 3 aromatic carbocycles. The van der Waals surface area contributed by atoms with E-state index in [9.17, 15) is 15.0 Å². The summed E-state index contributed by atoms with van der Waals surface area (Å²) in [4.78, 5) is 11.6. The summed E-state index contributed by atoms with van der Waals surface area (Å²) in [6.07, 6.45) is 0. The van der Waals surface area contributed by atoms with Crippen LogP contribution in [0, 0.1) is 0 Å². The lowest BCUT2D eigenvalue weighted by Gasteiger charge is -2.20. The third-order valence-electron chi connectivity index (χ3n) is 3.86. The van der Waals surface area contributed by atoms with Crippen molar-refractivity contribution in [3.63, 3.8) is 0 Å². The zero-order valence-corrected chi connectivity index (χ0v) is 12.4. The van der Waals surface area contributed by atoms with Gasteiger partial charge >= 0.3 is 5.97 Å². The number of phenols is 1. The smallest absolute Gasteiger partial charge is 0.335 e. The second-order valence-corrected chi connectivity index (χ2v) is 5.33. The highest BCUT2D eigenvalue weighted by Gasteiger charge is 2.22. The largest absolute Gasteiger partial charge is 0.508 e. The van der Waals surface area contributed by atoms with E-state index >= 15 is 0 Å². The maximum absolute atomic E-state index is 11.6. The summed E-state index contributed by atoms with van der Waals surface area (Å²) in [6, 6.07) is 23.7. The molecule has 3 heteroatoms. The lowest BCUT2D eigenvalue weighted by molar-refractivity contribution is 0.0695. The topological polar surface area (TPSA) is 57.5 Å². The highest BCUT2D eigenvalue weighted by Crippen LogP contribution is 2.34. The van der Waals surface area contributed by atoms with E-state index in [2.05, 4.69) is 0 Å². The number of rotatable bonds is 4. The highest BCUT2D eigenvalue weighted by atomic mass is 16.4. The molecule has 0 aliphatic carbocycles. The van der Waals surface area contributed by atoms with E-state index in [4.69, 9.17) is 0 Å². The number of aromatic hydroxyl groups is 1. The Kier molecular flexibility index (Phi) is 4.11. The van der Waals surface area contributed by atoms with E-state index in [0.717, 1.165) is 16.7 Å². The first kappa shape index (κ1) is 14.9. The van der Waals surface area contributed by atoms with E-state index in [-0.39, 0.29) is 17.2 Å². The highest BCUT2D eigenvalue weighted by molar-refractivity contribution is 5.90. The standard InChI is InChI=1S/C20H16O3/c21-16-12-10-15(11-13-16)19(14-6-2-1-3-7-14)17-8-4-5-9-18(17)20(22)23/h1-13,19,21H,(H,22,23). The molecule has 0 saturated heterocycles. The van der Waals surface area contributed by atoms with Gasteiger partial charge < -0.3 is 10.2 Å². The van der Waals surface area contributed by atoms with Crippen LogP contribution >= 0.6 is 0 Å². The minimum absolute atomic E-state index is 0.187. The van der Waals surface area contributed by atoms with Gasteiger partial charge in [0.2, 0.25) is 0 Å². The van der Waals surface area contributed by atoms with E-state index in [1.807, 2.05) is 54.6 Å². The van der Waals surface area contributed by atoms with Gasteiger partial charge in [-0.1, -0.05) is 60.7 Å². The lowest BCUT2D eigenvalue weighted by atomic mass is 9.83. The molecule has 0 aliphatic heterocycles. The first-order chi connectivity index (χ1) is 11.2. The van der Waals surface area contributed by atoms with Crippen molar-refractivity contribution in [2.75, 3.05) is 0 Å². The third-order valence-corrected chi connectivity index (χ3v) is 3.86. The molecule has 0 radical (unpaired) electrons. The van der Waals surface area contributed by atoms with Gasteiger partial charge in [0.1, 0.15) is 5.75 Å². The van der Waals surface area contributed by atoms with Gasteiger partial charge in [0.15, 0.2) is 0 Å². The number of carboxylic acid groups (broad SMARTS) is 1. The van der Waals surface area contributed by atoms with Crippen LogP contribution in [0.15, 0.2) is 78.9 Å². The molecule has 0 amide bonds. The fourth-order valence-electron chi connectivity index (χ4n) is 2.81. The van der Waals surface area contributed by atoms with E-state index in [1.165, 1.54) is 0 Å². The molecule has 23 heavy (non-hydrogen) atoms. The van der Waals surface area contributed by atoms with Gasteiger partial charge in [-0.15, -0.1) is 0 Å². The van der Waals surface area contributed by atoms with Gasteiger partial charge in [-0.05, 0) is 34.9 Å². The Morgan fingerprint density at radius 2 is 1.30 bits per heavy atom. The van der Waals surface area contributed by atoms with Gasteiger partial charge in [-0.25, -0.2) is 4.79 Å². The average Bonchev–Trinajstić information content (AvgIpc) is 2.58. The summed E-state index contributed by atoms with van der Waals surface area (Å²) in [7, 11) is 0. The zero-order valence-electron chi connectivity index (χ0n) is 12.4. The van der Waals surface area contributed by atoms with Gasteiger partial charge in [0.25, 0.3) is 0 Å². The number of benzene rings is 3. The minimum atomic E-state index is -0.944. The Hall–Kier alpha value is -3.07. The first-order valence-corrected chi connectivity index (χ1v) is 7.33. The lowest BCUT2D eigenvalue weighted by Crippen LogP contribution is -2.10. The van der Waals surface area contributed by atoms with Gasteiger partial charge in [0, 0.05) is 5.92 Å². The van der Waals surface area contributed by atoms with Crippen LogP contribution in [0.3, 0.4) is 0 Å². The molecular formula is C20H16O3. The van der Waals surface area contributed by atoms with Crippen LogP contribution in [0.5, 0.6) is 5.75 Å². The molecule has 0 aliphatic rings. The Balaban J connectivity index is 2.21. The fraction of sp³-hybridized carbons (Fsp3) is 0.0500. The van der Waals surface area contributed by atoms with Crippen molar-refractivity contribution in [1.29, 1.82) is 0 Å². The number of hydrogen-bond acceptors (Lipinski definition) is 2. The Bertz CT molecular complexity index is 808. The van der Waals surface area contributed by atoms with Crippen molar-refractivity contribution in [2.24, 2.45) is 0 Å². The SMILES string of the molecule is O=C(O)c1ccccc1C(c1ccccc1)c1ccc(O)cc1. The molecule has 0 fully saturated rings. The normalized spacial score (nSPS) is 11.8. The first-order valence-electron chi connectivity index (χ1n) is 7.33. The van der Waals surface area contributed by atoms with Crippen LogP contribution in [0.2, 0.25) is 0 Å². The molecule has 0 bridgehead atoms. The summed E-state index contributed by atoms with van der Waals surface area (Å²) in [5.74, 6) is -0.962. The van der Waals surface area contributed by atoms with E-state index in [0.29, 0.717) is 0 Å². The molecule has 3 nitrogen and oxygen atoms in total. The number of aromatic carboxylic acids is 1. The molecule has 0 spiro atoms. The van der Waals surface area contributed by atoms with Crippen LogP contribution in [0.1, 0.15) is 33.0 Å². The second-order valence-electron chi connectivity index (χ2n) is 5.33. The predicted octanol–water partition coefficient (Wildman–Crippen LogP) is 4.27. The molecular weight excluding hydrogens is 288 g/mol. The molecule has 1 atom stereocenters. The molecule has 0 saturated carbocycles. The Morgan fingerprint density at radius 1 is 0.739 bits per heavy atom. The fourth-order valence-corrected chi connectivity index (χ4v) is 2.81. The average molecular weight is 304 g/mol. The predicted molar refractivity (Wildman–Crippen MR) is 88.9 cm³/mol. The Morgan fingerprint density at radius 3 is 1.96 bits per heavy atom. The molecule has 0 aromatic heterocycles. The third kappa shape index (κ3) is 3.09. The number of carboxylic acids is 1. The minimum Gasteiger partial charge on any atom is -0.508 e. The zero-order chi connectivity index (χ0) is 16.2. The summed E-state index contributed by atoms with van der Waals surface area (Å²) in [5.41, 5.74) is 2.96. The number of carbonyl (C=O) groups is 1. The molecule has 2 N–H and O–H groups in total. The summed E-state index contributed by atoms with van der Waals surface area (Å²) < 4.78 is 0. The quantitative estimate of drug-likeness (QED) is 0.708. The van der Waals surface area contributed by atoms with E-state index in [1.54, 1.807) is 24.3 Å². The molecule has 1 unspecified atom stereocenters. The van der Waals surface area contributed by atoms with Crippen molar-refractivity contribution in [3.8, 4) is 5.75 Å². The van der Waals surface area contributed by atoms with Gasteiger partial charge in [-0.2, -0.15) is 0 Å². The van der Waals surface area contributed by atoms with Crippen molar-refractivity contribution in [1.82, 2.24) is 0 Å². The molecule has 114 valence electrons. The van der Waals surface area contributed by atoms with Crippen LogP contribution in [-0.2, 0) is 0 Å². The molecule has 3 rings (SSSR count). The van der Waals surface area contributed by atoms with Crippen LogP contribution in [0.4, 0.5) is 0 Å². The van der Waals surface area contributed by atoms with Gasteiger partial charge in [0.05, 0.1) is 5.56 Å². The maximum Gasteiger partial charge on any atom is 0.335 e. The van der Waals surface area contributed by atoms with Crippen LogP contribution in [-0.4, -0.2) is 16.2 Å². The Labute approximate surface area is 134 Å². The summed E-state index contributed by atoms with van der Waals surface area (Å²) in [5, 5.41) is 19.0. The number of hydrogen-bond donors (Lipinski definition) is 2. The van der Waals surface area contributed by atoms with Crippen molar-refractivity contribution in [3.05, 3.63) is 101 Å². The second kappa shape index (κ2) is 6.36. The molecule has 3 aromatic rings. The van der Waals surface area contributed by atoms with Crippen molar-refractivity contribution >= 4 is 5.97 Å². The number of phenolic OH excluding ortho intramolecular Hbond substituents is 1. The summed E-state index contributed by atoms with van der Waals surface area (Å²) in [6.45, 7) is 0. The van der Waals surface area contributed by atoms with Crippen LogP contribution < -0.4 is 0 Å². The van der Waals surface area contributed by atoms with Gasteiger partial charge in [-0.3, -0.25) is 0 Å². The van der Waals surface area contributed by atoms with E-state index < -0.39 is 5.97 Å². The van der Waals surface area contributed by atoms with Crippen molar-refractivity contribution < 1.29 is 15.0 Å². The maximum atomic E-state index is 11.6. The van der Waals surface area contributed by atoms with Crippen molar-refractivity contribution in [2.45, 2.75) is 5.92 Å². The van der Waals surface area contributed by atoms with Crippen LogP contribution in [0.25, 0.3) is 0 Å². The summed E-state index contributed by atoms with van der Waals surface area (Å²) >= 11 is 0. The molecule has 0 heterocycles. The monoisotopic (exact) mass is 304 g/mol.